The Hall–Kier alpha value is -2.13. The van der Waals surface area contributed by atoms with Crippen molar-refractivity contribution in [3.05, 3.63) is 47.1 Å². The summed E-state index contributed by atoms with van der Waals surface area (Å²) in [5.74, 6) is 0. The van der Waals surface area contributed by atoms with Crippen LogP contribution in [0.5, 0.6) is 0 Å². The lowest BCUT2D eigenvalue weighted by molar-refractivity contribution is 0.561. The zero-order valence-electron chi connectivity index (χ0n) is 16.1. The van der Waals surface area contributed by atoms with E-state index in [0.29, 0.717) is 5.02 Å². The average Bonchev–Trinajstić information content (AvgIpc) is 2.98. The zero-order chi connectivity index (χ0) is 18.8. The number of nitrogens with zero attached hydrogens (tertiary/aromatic N) is 3. The summed E-state index contributed by atoms with van der Waals surface area (Å²) in [5, 5.41) is 1.89. The van der Waals surface area contributed by atoms with E-state index in [9.17, 15) is 0 Å². The molecule has 2 heterocycles. The van der Waals surface area contributed by atoms with E-state index < -0.39 is 0 Å². The van der Waals surface area contributed by atoms with Gasteiger partial charge in [0.1, 0.15) is 0 Å². The topological polar surface area (TPSA) is 30.7 Å². The molecule has 0 radical (unpaired) electrons. The number of hydrogen-bond acceptors (Lipinski definition) is 2. The van der Waals surface area contributed by atoms with E-state index in [1.165, 1.54) is 55.1 Å². The van der Waals surface area contributed by atoms with Crippen LogP contribution >= 0.6 is 11.6 Å². The van der Waals surface area contributed by atoms with Crippen molar-refractivity contribution in [3.8, 4) is 0 Å². The van der Waals surface area contributed by atoms with Gasteiger partial charge in [-0.05, 0) is 49.7 Å². The minimum atomic E-state index is 0.693. The maximum Gasteiger partial charge on any atom is 0.0988 e. The maximum atomic E-state index is 6.11. The summed E-state index contributed by atoms with van der Waals surface area (Å²) in [6.45, 7) is 5.53. The number of fused-ring (bicyclic) bond motifs is 4. The Kier molecular flexibility index (Phi) is 5.31. The average molecular weight is 380 g/mol. The highest BCUT2D eigenvalue weighted by Gasteiger charge is 2.11. The third-order valence-corrected chi connectivity index (χ3v) is 5.62. The molecule has 0 unspecified atom stereocenters. The highest BCUT2D eigenvalue weighted by molar-refractivity contribution is 6.31. The van der Waals surface area contributed by atoms with Crippen molar-refractivity contribution in [1.29, 1.82) is 0 Å². The molecule has 0 saturated carbocycles. The monoisotopic (exact) mass is 379 g/mol. The largest absolute Gasteiger partial charge is 0.345 e. The van der Waals surface area contributed by atoms with Gasteiger partial charge in [0.15, 0.2) is 0 Å². The molecule has 0 aliphatic heterocycles. The Morgan fingerprint density at radius 3 is 2.48 bits per heavy atom. The van der Waals surface area contributed by atoms with Gasteiger partial charge in [-0.25, -0.2) is 9.97 Å². The second kappa shape index (κ2) is 7.85. The Morgan fingerprint density at radius 1 is 0.852 bits per heavy atom. The van der Waals surface area contributed by atoms with E-state index in [1.54, 1.807) is 0 Å². The molecule has 4 aromatic rings. The van der Waals surface area contributed by atoms with Gasteiger partial charge in [0, 0.05) is 22.6 Å². The molecule has 3 nitrogen and oxygen atoms in total. The van der Waals surface area contributed by atoms with Gasteiger partial charge in [-0.1, -0.05) is 50.6 Å². The first-order valence-corrected chi connectivity index (χ1v) is 10.4. The fourth-order valence-corrected chi connectivity index (χ4v) is 4.09. The predicted octanol–water partition coefficient (Wildman–Crippen LogP) is 7.06. The fourth-order valence-electron chi connectivity index (χ4n) is 3.93. The van der Waals surface area contributed by atoms with Crippen LogP contribution in [0.3, 0.4) is 0 Å². The summed E-state index contributed by atoms with van der Waals surface area (Å²) < 4.78 is 2.43. The number of hydrogen-bond donors (Lipinski definition) is 0. The van der Waals surface area contributed by atoms with Crippen LogP contribution in [0.1, 0.15) is 51.1 Å². The van der Waals surface area contributed by atoms with Crippen molar-refractivity contribution in [3.63, 3.8) is 0 Å². The van der Waals surface area contributed by atoms with E-state index in [0.717, 1.165) is 28.6 Å². The molecular weight excluding hydrogens is 354 g/mol. The van der Waals surface area contributed by atoms with Crippen molar-refractivity contribution in [2.75, 3.05) is 0 Å². The Bertz CT molecular complexity index is 1100. The third kappa shape index (κ3) is 3.66. The first-order chi connectivity index (χ1) is 13.2. The van der Waals surface area contributed by atoms with Crippen LogP contribution in [0.25, 0.3) is 33.0 Å². The molecule has 0 fully saturated rings. The molecule has 0 aliphatic carbocycles. The molecule has 2 aromatic heterocycles. The van der Waals surface area contributed by atoms with Crippen LogP contribution in [-0.4, -0.2) is 14.5 Å². The molecule has 0 amide bonds. The number of rotatable bonds is 7. The summed E-state index contributed by atoms with van der Waals surface area (Å²) in [6.07, 6.45) is 7.89. The normalized spacial score (nSPS) is 11.8. The van der Waals surface area contributed by atoms with Crippen LogP contribution in [0.15, 0.2) is 36.4 Å². The number of unbranched alkanes of at least 4 members (excludes halogenated alkanes) is 5. The van der Waals surface area contributed by atoms with Crippen LogP contribution < -0.4 is 0 Å². The minimum Gasteiger partial charge on any atom is -0.345 e. The van der Waals surface area contributed by atoms with Gasteiger partial charge in [-0.2, -0.15) is 0 Å². The molecule has 0 spiro atoms. The Balaban J connectivity index is 1.67. The molecular formula is C23H26ClN3. The highest BCUT2D eigenvalue weighted by Crippen LogP contribution is 2.29. The molecule has 0 saturated heterocycles. The van der Waals surface area contributed by atoms with Gasteiger partial charge in [0.25, 0.3) is 0 Å². The fraction of sp³-hybridized carbons (Fsp3) is 0.391. The van der Waals surface area contributed by atoms with E-state index in [-0.39, 0.29) is 0 Å². The number of aromatic nitrogens is 3. The molecule has 0 aliphatic rings. The SMILES string of the molecule is CCCCCCCCn1c(C)cc2c3nc4ccc(Cl)cc4nc3ccc21. The number of halogens is 1. The number of benzene rings is 2. The van der Waals surface area contributed by atoms with E-state index in [1.807, 2.05) is 18.2 Å². The van der Waals surface area contributed by atoms with Gasteiger partial charge in [-0.3, -0.25) is 0 Å². The summed E-state index contributed by atoms with van der Waals surface area (Å²) in [7, 11) is 0. The lowest BCUT2D eigenvalue weighted by Crippen LogP contribution is -2.00. The molecule has 0 atom stereocenters. The van der Waals surface area contributed by atoms with Crippen molar-refractivity contribution in [2.24, 2.45) is 0 Å². The van der Waals surface area contributed by atoms with E-state index in [4.69, 9.17) is 21.6 Å². The van der Waals surface area contributed by atoms with Crippen molar-refractivity contribution in [2.45, 2.75) is 58.9 Å². The second-order valence-corrected chi connectivity index (χ2v) is 7.86. The van der Waals surface area contributed by atoms with Crippen LogP contribution in [0, 0.1) is 6.92 Å². The Labute approximate surface area is 165 Å². The lowest BCUT2D eigenvalue weighted by atomic mass is 10.1. The molecule has 27 heavy (non-hydrogen) atoms. The summed E-state index contributed by atoms with van der Waals surface area (Å²) >= 11 is 6.11. The van der Waals surface area contributed by atoms with Crippen LogP contribution in [-0.2, 0) is 6.54 Å². The predicted molar refractivity (Wildman–Crippen MR) is 116 cm³/mol. The summed E-state index contributed by atoms with van der Waals surface area (Å²) in [4.78, 5) is 9.67. The molecule has 4 rings (SSSR count). The number of aryl methyl sites for hydroxylation is 2. The van der Waals surface area contributed by atoms with Crippen molar-refractivity contribution >= 4 is 44.6 Å². The van der Waals surface area contributed by atoms with Gasteiger partial charge in [0.05, 0.1) is 27.6 Å². The Morgan fingerprint density at radius 2 is 1.63 bits per heavy atom. The quantitative estimate of drug-likeness (QED) is 0.254. The second-order valence-electron chi connectivity index (χ2n) is 7.43. The van der Waals surface area contributed by atoms with Crippen molar-refractivity contribution < 1.29 is 0 Å². The van der Waals surface area contributed by atoms with Gasteiger partial charge < -0.3 is 4.57 Å². The zero-order valence-corrected chi connectivity index (χ0v) is 16.9. The first kappa shape index (κ1) is 18.2. The minimum absolute atomic E-state index is 0.693. The van der Waals surface area contributed by atoms with Gasteiger partial charge >= 0.3 is 0 Å². The summed E-state index contributed by atoms with van der Waals surface area (Å²) in [5.41, 5.74) is 6.19. The van der Waals surface area contributed by atoms with Crippen molar-refractivity contribution in [1.82, 2.24) is 14.5 Å². The van der Waals surface area contributed by atoms with Gasteiger partial charge in [0.2, 0.25) is 0 Å². The molecule has 0 N–H and O–H groups in total. The molecule has 0 bridgehead atoms. The third-order valence-electron chi connectivity index (χ3n) is 5.39. The van der Waals surface area contributed by atoms with E-state index >= 15 is 0 Å². The van der Waals surface area contributed by atoms with Crippen LogP contribution in [0.2, 0.25) is 5.02 Å². The lowest BCUT2D eigenvalue weighted by Gasteiger charge is -2.09. The first-order valence-electron chi connectivity index (χ1n) is 10.0. The maximum absolute atomic E-state index is 6.11. The standard InChI is InChI=1S/C23H26ClN3/c1-3-4-5-6-7-8-13-27-16(2)14-18-22(27)12-11-20-23(18)26-19-10-9-17(24)15-21(19)25-20/h9-12,14-15H,3-8,13H2,1-2H3. The smallest absolute Gasteiger partial charge is 0.0988 e. The molecule has 4 heteroatoms. The van der Waals surface area contributed by atoms with Gasteiger partial charge in [-0.15, -0.1) is 0 Å². The molecule has 140 valence electrons. The van der Waals surface area contributed by atoms with Crippen LogP contribution in [0.4, 0.5) is 0 Å². The summed E-state index contributed by atoms with van der Waals surface area (Å²) in [6, 6.07) is 12.2. The van der Waals surface area contributed by atoms with E-state index in [2.05, 4.69) is 36.6 Å². The highest BCUT2D eigenvalue weighted by atomic mass is 35.5. The molecule has 2 aromatic carbocycles.